The van der Waals surface area contributed by atoms with Crippen LogP contribution in [0.25, 0.3) is 10.8 Å². The molecule has 172 valence electrons. The topological polar surface area (TPSA) is 105 Å². The van der Waals surface area contributed by atoms with Gasteiger partial charge in [0, 0.05) is 11.1 Å². The van der Waals surface area contributed by atoms with Crippen LogP contribution in [-0.2, 0) is 14.2 Å². The maximum atomic E-state index is 12.6. The van der Waals surface area contributed by atoms with Crippen LogP contribution >= 0.6 is 12.2 Å². The second-order valence-corrected chi connectivity index (χ2v) is 8.50. The zero-order valence-electron chi connectivity index (χ0n) is 18.1. The highest BCUT2D eigenvalue weighted by molar-refractivity contribution is 7.80. The predicted molar refractivity (Wildman–Crippen MR) is 132 cm³/mol. The normalized spacial score (nSPS) is 23.0. The molecule has 0 radical (unpaired) electrons. The van der Waals surface area contributed by atoms with Gasteiger partial charge in [-0.05, 0) is 41.9 Å². The summed E-state index contributed by atoms with van der Waals surface area (Å²) in [6, 6.07) is 22.5. The minimum Gasteiger partial charge on any atom is -0.441 e. The number of fused-ring (bicyclic) bond motifs is 2. The minimum atomic E-state index is -0.555. The van der Waals surface area contributed by atoms with E-state index in [0.717, 1.165) is 10.8 Å². The molecule has 5 rings (SSSR count). The number of hydrogen-bond acceptors (Lipinski definition) is 6. The summed E-state index contributed by atoms with van der Waals surface area (Å²) in [4.78, 5) is 12.6. The van der Waals surface area contributed by atoms with Gasteiger partial charge in [0.1, 0.15) is 12.2 Å². The van der Waals surface area contributed by atoms with E-state index in [4.69, 9.17) is 31.7 Å². The largest absolute Gasteiger partial charge is 0.441 e. The minimum absolute atomic E-state index is 0.195. The van der Waals surface area contributed by atoms with E-state index < -0.39 is 12.2 Å². The average molecular weight is 475 g/mol. The van der Waals surface area contributed by atoms with Crippen LogP contribution in [0.15, 0.2) is 66.7 Å². The number of rotatable bonds is 4. The van der Waals surface area contributed by atoms with Gasteiger partial charge in [-0.3, -0.25) is 5.32 Å². The Morgan fingerprint density at radius 3 is 2.68 bits per heavy atom. The number of nitrogens with one attached hydrogen (secondary N) is 3. The molecule has 2 heterocycles. The fourth-order valence-electron chi connectivity index (χ4n) is 4.30. The monoisotopic (exact) mass is 474 g/mol. The Morgan fingerprint density at radius 2 is 1.79 bits per heavy atom. The molecular weight excluding hydrogens is 452 g/mol. The zero-order valence-corrected chi connectivity index (χ0v) is 18.9. The van der Waals surface area contributed by atoms with E-state index in [0.29, 0.717) is 28.7 Å². The molecule has 4 atom stereocenters. The quantitative estimate of drug-likeness (QED) is 0.491. The number of ether oxygens (including phenoxy) is 3. The summed E-state index contributed by atoms with van der Waals surface area (Å²) in [5.74, 6) is 0. The SMILES string of the molecule is N#Cc1cccc(NC(=S)N[C@H]2CO[C@H]3[C@H]2OC[C@@H]3OC(=O)Nc2cccc3ccccc23)c1. The third kappa shape index (κ3) is 4.65. The number of nitriles is 1. The lowest BCUT2D eigenvalue weighted by Gasteiger charge is -2.20. The molecule has 2 aliphatic heterocycles. The van der Waals surface area contributed by atoms with Crippen LogP contribution in [0.2, 0.25) is 0 Å². The Labute approximate surface area is 201 Å². The molecule has 34 heavy (non-hydrogen) atoms. The predicted octanol–water partition coefficient (Wildman–Crippen LogP) is 3.78. The standard InChI is InChI=1S/C25H22N4O4S/c26-12-15-5-3-8-17(11-15)27-24(34)28-20-13-31-23-21(14-32-22(20)23)33-25(30)29-19-10-4-7-16-6-1-2-9-18(16)19/h1-11,20-23H,13-14H2,(H,29,30)(H2,27,28,34)/t20-,21-,22-,23+/m0/s1. The van der Waals surface area contributed by atoms with E-state index in [1.165, 1.54) is 0 Å². The van der Waals surface area contributed by atoms with Crippen LogP contribution in [0.3, 0.4) is 0 Å². The Kier molecular flexibility index (Phi) is 6.27. The fourth-order valence-corrected chi connectivity index (χ4v) is 4.57. The Morgan fingerprint density at radius 1 is 1.00 bits per heavy atom. The third-order valence-electron chi connectivity index (χ3n) is 5.86. The van der Waals surface area contributed by atoms with Gasteiger partial charge in [0.2, 0.25) is 0 Å². The van der Waals surface area contributed by atoms with Crippen LogP contribution < -0.4 is 16.0 Å². The highest BCUT2D eigenvalue weighted by Gasteiger charge is 2.49. The molecule has 3 N–H and O–H groups in total. The summed E-state index contributed by atoms with van der Waals surface area (Å²) in [7, 11) is 0. The zero-order chi connectivity index (χ0) is 23.5. The van der Waals surface area contributed by atoms with Crippen LogP contribution in [0.4, 0.5) is 16.2 Å². The number of nitrogens with zero attached hydrogens (tertiary/aromatic N) is 1. The van der Waals surface area contributed by atoms with E-state index in [1.807, 2.05) is 48.5 Å². The van der Waals surface area contributed by atoms with E-state index >= 15 is 0 Å². The molecule has 8 nitrogen and oxygen atoms in total. The summed E-state index contributed by atoms with van der Waals surface area (Å²) >= 11 is 5.41. The van der Waals surface area contributed by atoms with E-state index in [1.54, 1.807) is 18.2 Å². The number of carbonyl (C=O) groups excluding carboxylic acids is 1. The van der Waals surface area contributed by atoms with Crippen LogP contribution in [-0.4, -0.2) is 48.8 Å². The molecule has 2 saturated heterocycles. The van der Waals surface area contributed by atoms with E-state index in [9.17, 15) is 4.79 Å². The van der Waals surface area contributed by atoms with Crippen LogP contribution in [0.1, 0.15) is 5.56 Å². The van der Waals surface area contributed by atoms with Gasteiger partial charge in [0.25, 0.3) is 0 Å². The summed E-state index contributed by atoms with van der Waals surface area (Å²) < 4.78 is 17.4. The molecule has 0 bridgehead atoms. The summed E-state index contributed by atoms with van der Waals surface area (Å²) in [5, 5.41) is 20.5. The number of thiocarbonyl (C=S) groups is 1. The molecule has 0 aliphatic carbocycles. The Hall–Kier alpha value is -3.71. The number of amides is 1. The first-order valence-corrected chi connectivity index (χ1v) is 11.3. The molecule has 0 aromatic heterocycles. The Balaban J connectivity index is 1.16. The second-order valence-electron chi connectivity index (χ2n) is 8.09. The van der Waals surface area contributed by atoms with Crippen LogP contribution in [0, 0.1) is 11.3 Å². The number of hydrogen-bond donors (Lipinski definition) is 3. The summed E-state index contributed by atoms with van der Waals surface area (Å²) in [6.07, 6.45) is -1.78. The van der Waals surface area contributed by atoms with Crippen molar-refractivity contribution >= 4 is 45.6 Å². The number of carbonyl (C=O) groups is 1. The molecule has 2 aliphatic rings. The molecule has 3 aromatic rings. The molecule has 0 spiro atoms. The van der Waals surface area contributed by atoms with Gasteiger partial charge in [-0.2, -0.15) is 5.26 Å². The summed E-state index contributed by atoms with van der Waals surface area (Å²) in [5.41, 5.74) is 1.94. The van der Waals surface area contributed by atoms with Crippen molar-refractivity contribution < 1.29 is 19.0 Å². The fraction of sp³-hybridized carbons (Fsp3) is 0.240. The third-order valence-corrected chi connectivity index (χ3v) is 6.08. The average Bonchev–Trinajstić information content (AvgIpc) is 3.42. The highest BCUT2D eigenvalue weighted by Crippen LogP contribution is 2.30. The van der Waals surface area contributed by atoms with Crippen LogP contribution in [0.5, 0.6) is 0 Å². The van der Waals surface area contributed by atoms with Crippen molar-refractivity contribution in [2.24, 2.45) is 0 Å². The smallest absolute Gasteiger partial charge is 0.412 e. The number of benzene rings is 3. The lowest BCUT2D eigenvalue weighted by Crippen LogP contribution is -2.46. The van der Waals surface area contributed by atoms with E-state index in [-0.39, 0.29) is 24.9 Å². The van der Waals surface area contributed by atoms with Gasteiger partial charge in [-0.25, -0.2) is 4.79 Å². The molecule has 9 heteroatoms. The highest BCUT2D eigenvalue weighted by atomic mass is 32.1. The van der Waals surface area contributed by atoms with Gasteiger partial charge in [-0.15, -0.1) is 0 Å². The second kappa shape index (κ2) is 9.65. The maximum absolute atomic E-state index is 12.6. The first kappa shape index (κ1) is 22.1. The van der Waals surface area contributed by atoms with Gasteiger partial charge in [0.05, 0.1) is 36.6 Å². The van der Waals surface area contributed by atoms with Crippen molar-refractivity contribution in [3.8, 4) is 6.07 Å². The van der Waals surface area contributed by atoms with Crippen molar-refractivity contribution in [1.82, 2.24) is 5.32 Å². The summed E-state index contributed by atoms with van der Waals surface area (Å²) in [6.45, 7) is 0.598. The van der Waals surface area contributed by atoms with Crippen molar-refractivity contribution in [2.45, 2.75) is 24.4 Å². The molecular formula is C25H22N4O4S. The van der Waals surface area contributed by atoms with Crippen molar-refractivity contribution in [3.05, 3.63) is 72.3 Å². The van der Waals surface area contributed by atoms with Gasteiger partial charge < -0.3 is 24.8 Å². The number of anilines is 2. The van der Waals surface area contributed by atoms with Crippen molar-refractivity contribution in [2.75, 3.05) is 23.8 Å². The molecule has 3 aromatic carbocycles. The maximum Gasteiger partial charge on any atom is 0.412 e. The first-order chi connectivity index (χ1) is 16.6. The first-order valence-electron chi connectivity index (χ1n) is 10.9. The Bertz CT molecular complexity index is 1270. The van der Waals surface area contributed by atoms with Crippen molar-refractivity contribution in [3.63, 3.8) is 0 Å². The molecule has 0 saturated carbocycles. The lowest BCUT2D eigenvalue weighted by atomic mass is 10.1. The van der Waals surface area contributed by atoms with Crippen molar-refractivity contribution in [1.29, 1.82) is 5.26 Å². The lowest BCUT2D eigenvalue weighted by molar-refractivity contribution is 0.00881. The van der Waals surface area contributed by atoms with Gasteiger partial charge in [-0.1, -0.05) is 42.5 Å². The van der Waals surface area contributed by atoms with Gasteiger partial charge in [0.15, 0.2) is 11.2 Å². The molecule has 2 fully saturated rings. The van der Waals surface area contributed by atoms with E-state index in [2.05, 4.69) is 22.0 Å². The molecule has 1 amide bonds. The van der Waals surface area contributed by atoms with Gasteiger partial charge >= 0.3 is 6.09 Å². The molecule has 0 unspecified atom stereocenters.